The third-order valence-electron chi connectivity index (χ3n) is 5.26. The lowest BCUT2D eigenvalue weighted by Crippen LogP contribution is -1.93. The van der Waals surface area contributed by atoms with Crippen LogP contribution in [-0.2, 0) is 0 Å². The zero-order valence-electron chi connectivity index (χ0n) is 15.5. The highest BCUT2D eigenvalue weighted by atomic mass is 32.1. The molecule has 0 bridgehead atoms. The molecule has 2 aromatic heterocycles. The Balaban J connectivity index is 1.75. The average Bonchev–Trinajstić information content (AvgIpc) is 3.15. The first-order chi connectivity index (χ1) is 14.4. The van der Waals surface area contributed by atoms with E-state index in [0.29, 0.717) is 0 Å². The molecule has 136 valence electrons. The van der Waals surface area contributed by atoms with Gasteiger partial charge in [-0.15, -0.1) is 11.3 Å². The standard InChI is InChI=1S/C26H16N2S/c1-3-9-17(10-4-1)23-25-24(28-26(27-23)18-11-5-2-6-12-18)21-15-19-13-7-8-14-20(19)16-22(21)29-25/h1-16H. The summed E-state index contributed by atoms with van der Waals surface area (Å²) in [6.45, 7) is 0. The Labute approximate surface area is 172 Å². The molecule has 0 fully saturated rings. The quantitative estimate of drug-likeness (QED) is 0.310. The van der Waals surface area contributed by atoms with Gasteiger partial charge in [-0.1, -0.05) is 84.9 Å². The second-order valence-electron chi connectivity index (χ2n) is 7.10. The molecule has 0 saturated heterocycles. The van der Waals surface area contributed by atoms with Gasteiger partial charge in [-0.2, -0.15) is 0 Å². The summed E-state index contributed by atoms with van der Waals surface area (Å²) in [6.07, 6.45) is 0. The maximum atomic E-state index is 5.03. The van der Waals surface area contributed by atoms with Gasteiger partial charge in [-0.05, 0) is 22.9 Å². The fraction of sp³-hybridized carbons (Fsp3) is 0. The van der Waals surface area contributed by atoms with Gasteiger partial charge in [0, 0.05) is 21.2 Å². The van der Waals surface area contributed by atoms with Gasteiger partial charge in [0.2, 0.25) is 0 Å². The largest absolute Gasteiger partial charge is 0.226 e. The van der Waals surface area contributed by atoms with Gasteiger partial charge in [-0.25, -0.2) is 9.97 Å². The summed E-state index contributed by atoms with van der Waals surface area (Å²) >= 11 is 1.78. The smallest absolute Gasteiger partial charge is 0.160 e. The van der Waals surface area contributed by atoms with E-state index in [1.54, 1.807) is 11.3 Å². The van der Waals surface area contributed by atoms with E-state index in [0.717, 1.165) is 32.9 Å². The van der Waals surface area contributed by atoms with Crippen LogP contribution in [0.1, 0.15) is 0 Å². The molecule has 0 radical (unpaired) electrons. The van der Waals surface area contributed by atoms with Crippen LogP contribution >= 0.6 is 11.3 Å². The van der Waals surface area contributed by atoms with E-state index in [-0.39, 0.29) is 0 Å². The monoisotopic (exact) mass is 388 g/mol. The van der Waals surface area contributed by atoms with Crippen molar-refractivity contribution in [2.45, 2.75) is 0 Å². The average molecular weight is 388 g/mol. The Morgan fingerprint density at radius 3 is 1.93 bits per heavy atom. The van der Waals surface area contributed by atoms with Gasteiger partial charge >= 0.3 is 0 Å². The number of aromatic nitrogens is 2. The van der Waals surface area contributed by atoms with E-state index in [2.05, 4.69) is 72.8 Å². The molecule has 3 heteroatoms. The molecule has 29 heavy (non-hydrogen) atoms. The number of hydrogen-bond acceptors (Lipinski definition) is 3. The predicted molar refractivity (Wildman–Crippen MR) is 123 cm³/mol. The lowest BCUT2D eigenvalue weighted by atomic mass is 10.1. The van der Waals surface area contributed by atoms with Gasteiger partial charge in [0.25, 0.3) is 0 Å². The molecule has 0 aliphatic heterocycles. The van der Waals surface area contributed by atoms with Crippen LogP contribution in [0.5, 0.6) is 0 Å². The van der Waals surface area contributed by atoms with Crippen molar-refractivity contribution in [1.82, 2.24) is 9.97 Å². The predicted octanol–water partition coefficient (Wildman–Crippen LogP) is 7.33. The number of rotatable bonds is 2. The molecule has 0 N–H and O–H groups in total. The van der Waals surface area contributed by atoms with E-state index in [1.807, 2.05) is 24.3 Å². The number of benzene rings is 4. The van der Waals surface area contributed by atoms with Gasteiger partial charge in [0.05, 0.1) is 15.9 Å². The Kier molecular flexibility index (Phi) is 3.68. The first-order valence-electron chi connectivity index (χ1n) is 9.61. The van der Waals surface area contributed by atoms with E-state index < -0.39 is 0 Å². The molecule has 2 nitrogen and oxygen atoms in total. The number of fused-ring (bicyclic) bond motifs is 4. The molecule has 0 unspecified atom stereocenters. The van der Waals surface area contributed by atoms with Crippen molar-refractivity contribution >= 4 is 42.4 Å². The first kappa shape index (κ1) is 16.4. The maximum absolute atomic E-state index is 5.03. The molecule has 0 aliphatic rings. The molecule has 0 spiro atoms. The van der Waals surface area contributed by atoms with Gasteiger partial charge in [0.1, 0.15) is 0 Å². The molecule has 0 amide bonds. The molecular weight excluding hydrogens is 372 g/mol. The van der Waals surface area contributed by atoms with E-state index in [4.69, 9.17) is 9.97 Å². The topological polar surface area (TPSA) is 25.8 Å². The summed E-state index contributed by atoms with van der Waals surface area (Å²) in [5, 5.41) is 3.69. The van der Waals surface area contributed by atoms with Crippen LogP contribution in [0.25, 0.3) is 53.7 Å². The second-order valence-corrected chi connectivity index (χ2v) is 8.16. The SMILES string of the molecule is c1ccc(-c2nc(-c3ccccc3)c3sc4cc5ccccc5cc4c3n2)cc1. The Morgan fingerprint density at radius 2 is 1.21 bits per heavy atom. The highest BCUT2D eigenvalue weighted by Gasteiger charge is 2.16. The molecule has 0 atom stereocenters. The first-order valence-corrected chi connectivity index (χ1v) is 10.4. The summed E-state index contributed by atoms with van der Waals surface area (Å²) in [7, 11) is 0. The van der Waals surface area contributed by atoms with E-state index in [1.165, 1.54) is 20.9 Å². The summed E-state index contributed by atoms with van der Waals surface area (Å²) in [5.74, 6) is 0.768. The molecular formula is C26H16N2S. The summed E-state index contributed by atoms with van der Waals surface area (Å²) in [5.41, 5.74) is 4.18. The second kappa shape index (κ2) is 6.50. The van der Waals surface area contributed by atoms with Crippen molar-refractivity contribution in [3.05, 3.63) is 97.1 Å². The summed E-state index contributed by atoms with van der Waals surface area (Å²) in [6, 6.07) is 33.7. The van der Waals surface area contributed by atoms with Gasteiger partial charge < -0.3 is 0 Å². The minimum atomic E-state index is 0.768. The third-order valence-corrected chi connectivity index (χ3v) is 6.41. The lowest BCUT2D eigenvalue weighted by molar-refractivity contribution is 1.24. The van der Waals surface area contributed by atoms with Crippen LogP contribution in [-0.4, -0.2) is 9.97 Å². The summed E-state index contributed by atoms with van der Waals surface area (Å²) < 4.78 is 2.39. The van der Waals surface area contributed by atoms with Crippen molar-refractivity contribution in [1.29, 1.82) is 0 Å². The van der Waals surface area contributed by atoms with Crippen LogP contribution < -0.4 is 0 Å². The summed E-state index contributed by atoms with van der Waals surface area (Å²) in [4.78, 5) is 10.0. The minimum Gasteiger partial charge on any atom is -0.226 e. The van der Waals surface area contributed by atoms with Crippen molar-refractivity contribution < 1.29 is 0 Å². The van der Waals surface area contributed by atoms with Crippen molar-refractivity contribution in [3.8, 4) is 22.6 Å². The van der Waals surface area contributed by atoms with Crippen molar-refractivity contribution in [2.75, 3.05) is 0 Å². The van der Waals surface area contributed by atoms with Crippen molar-refractivity contribution in [2.24, 2.45) is 0 Å². The van der Waals surface area contributed by atoms with E-state index in [9.17, 15) is 0 Å². The number of thiophene rings is 1. The lowest BCUT2D eigenvalue weighted by Gasteiger charge is -2.07. The normalized spacial score (nSPS) is 11.4. The van der Waals surface area contributed by atoms with E-state index >= 15 is 0 Å². The van der Waals surface area contributed by atoms with Crippen LogP contribution in [0.3, 0.4) is 0 Å². The Hall–Kier alpha value is -3.56. The highest BCUT2D eigenvalue weighted by molar-refractivity contribution is 7.26. The maximum Gasteiger partial charge on any atom is 0.160 e. The molecule has 6 rings (SSSR count). The molecule has 0 aliphatic carbocycles. The molecule has 0 saturated carbocycles. The van der Waals surface area contributed by atoms with Gasteiger partial charge in [-0.3, -0.25) is 0 Å². The molecule has 4 aromatic carbocycles. The van der Waals surface area contributed by atoms with Crippen molar-refractivity contribution in [3.63, 3.8) is 0 Å². The Morgan fingerprint density at radius 1 is 0.586 bits per heavy atom. The Bertz CT molecular complexity index is 1490. The minimum absolute atomic E-state index is 0.768. The fourth-order valence-corrected chi connectivity index (χ4v) is 5.02. The fourth-order valence-electron chi connectivity index (χ4n) is 3.84. The van der Waals surface area contributed by atoms with Crippen LogP contribution in [0, 0.1) is 0 Å². The van der Waals surface area contributed by atoms with Crippen LogP contribution in [0.2, 0.25) is 0 Å². The number of nitrogens with zero attached hydrogens (tertiary/aromatic N) is 2. The van der Waals surface area contributed by atoms with Crippen LogP contribution in [0.15, 0.2) is 97.1 Å². The highest BCUT2D eigenvalue weighted by Crippen LogP contribution is 2.40. The zero-order valence-corrected chi connectivity index (χ0v) is 16.4. The zero-order chi connectivity index (χ0) is 19.2. The van der Waals surface area contributed by atoms with Gasteiger partial charge in [0.15, 0.2) is 5.82 Å². The molecule has 2 heterocycles. The molecule has 6 aromatic rings. The van der Waals surface area contributed by atoms with Crippen LogP contribution in [0.4, 0.5) is 0 Å². The number of hydrogen-bond donors (Lipinski definition) is 0. The third kappa shape index (κ3) is 2.71.